The number of allylic oxidation sites excluding steroid dienone is 2. The van der Waals surface area contributed by atoms with E-state index >= 15 is 0 Å². The van der Waals surface area contributed by atoms with E-state index in [0.717, 1.165) is 44.9 Å². The number of rotatable bonds is 33. The van der Waals surface area contributed by atoms with Gasteiger partial charge >= 0.3 is 0 Å². The number of carbonyl (C=O) groups excluding carboxylic acids is 1. The van der Waals surface area contributed by atoms with Gasteiger partial charge in [0.1, 0.15) is 13.2 Å². The number of amides is 1. The monoisotopic (exact) mass is 661 g/mol. The van der Waals surface area contributed by atoms with E-state index in [1.165, 1.54) is 89.9 Å². The van der Waals surface area contributed by atoms with Crippen molar-refractivity contribution in [3.63, 3.8) is 0 Å². The summed E-state index contributed by atoms with van der Waals surface area (Å²) in [7, 11) is 1.29. The molecule has 0 heterocycles. The number of nitrogens with zero attached hydrogens (tertiary/aromatic N) is 1. The molecule has 0 aliphatic rings. The van der Waals surface area contributed by atoms with Crippen molar-refractivity contribution in [3.8, 4) is 0 Å². The number of likely N-dealkylation sites (N-methyl/N-ethyl adjacent to an activating group) is 1. The Hall–Kier alpha value is -0.760. The van der Waals surface area contributed by atoms with Crippen LogP contribution in [-0.2, 0) is 18.4 Å². The van der Waals surface area contributed by atoms with Gasteiger partial charge in [-0.3, -0.25) is 9.36 Å². The average Bonchev–Trinajstić information content (AvgIpc) is 2.97. The second-order valence-corrected chi connectivity index (χ2v) is 15.3. The highest BCUT2D eigenvalue weighted by Gasteiger charge is 2.24. The first-order valence-electron chi connectivity index (χ1n) is 18.5. The molecule has 0 bridgehead atoms. The van der Waals surface area contributed by atoms with Gasteiger partial charge in [-0.05, 0) is 38.5 Å². The van der Waals surface area contributed by atoms with Crippen LogP contribution in [-0.4, -0.2) is 68.5 Å². The molecule has 0 aromatic heterocycles. The Morgan fingerprint density at radius 3 is 1.73 bits per heavy atom. The molecule has 0 aliphatic carbocycles. The van der Waals surface area contributed by atoms with Gasteiger partial charge in [-0.15, -0.1) is 0 Å². The number of aliphatic hydroxyl groups is 1. The van der Waals surface area contributed by atoms with Crippen molar-refractivity contribution >= 4 is 13.7 Å². The second kappa shape index (κ2) is 29.4. The van der Waals surface area contributed by atoms with E-state index in [-0.39, 0.29) is 19.1 Å². The first-order chi connectivity index (χ1) is 21.5. The van der Waals surface area contributed by atoms with Gasteiger partial charge in [0.15, 0.2) is 0 Å². The predicted octanol–water partition coefficient (Wildman–Crippen LogP) is 8.61. The summed E-state index contributed by atoms with van der Waals surface area (Å²) in [6, 6.07) is -0.808. The third-order valence-corrected chi connectivity index (χ3v) is 9.22. The standard InChI is InChI=1S/C36H73N2O6P/c1-6-8-10-12-14-16-18-19-20-22-24-26-28-30-36(40)37-34(33-44-45(41,42)43-32-31-38(3,4)5)35(39)29-27-25-23-21-17-15-13-11-9-7-2/h17,21,34-35,39H,6-16,18-20,22-33H2,1-5H3,(H-,37,40,41,42)/b21-17+/t34-,35+/m0/s1. The molecule has 9 heteroatoms. The Kier molecular flexibility index (Phi) is 28.9. The fourth-order valence-electron chi connectivity index (χ4n) is 5.21. The summed E-state index contributed by atoms with van der Waals surface area (Å²) in [4.78, 5) is 25.1. The molecule has 0 rings (SSSR count). The fourth-order valence-corrected chi connectivity index (χ4v) is 5.93. The van der Waals surface area contributed by atoms with Crippen LogP contribution in [0.2, 0.25) is 0 Å². The van der Waals surface area contributed by atoms with Crippen molar-refractivity contribution in [2.75, 3.05) is 40.9 Å². The SMILES string of the molecule is CCCCCC/C=C/CCCC[C@@H](O)[C@H](COP(=O)([O-])OCC[N+](C)(C)C)NC(=O)CCCCCCCCCCCCCCC. The van der Waals surface area contributed by atoms with E-state index in [1.54, 1.807) is 0 Å². The minimum absolute atomic E-state index is 0.00895. The van der Waals surface area contributed by atoms with Gasteiger partial charge in [-0.25, -0.2) is 0 Å². The Balaban J connectivity index is 4.50. The molecule has 0 aliphatic heterocycles. The number of quaternary nitrogens is 1. The minimum atomic E-state index is -4.55. The lowest BCUT2D eigenvalue weighted by Crippen LogP contribution is -2.46. The minimum Gasteiger partial charge on any atom is -0.756 e. The van der Waals surface area contributed by atoms with E-state index in [2.05, 4.69) is 31.3 Å². The maximum absolute atomic E-state index is 12.7. The summed E-state index contributed by atoms with van der Waals surface area (Å²) in [6.45, 7) is 4.64. The summed E-state index contributed by atoms with van der Waals surface area (Å²) in [5, 5.41) is 13.7. The largest absolute Gasteiger partial charge is 0.756 e. The van der Waals surface area contributed by atoms with Crippen molar-refractivity contribution in [2.45, 2.75) is 174 Å². The van der Waals surface area contributed by atoms with Gasteiger partial charge in [-0.1, -0.05) is 129 Å². The van der Waals surface area contributed by atoms with Gasteiger partial charge < -0.3 is 28.8 Å². The number of carbonyl (C=O) groups is 1. The number of hydrogen-bond donors (Lipinski definition) is 2. The van der Waals surface area contributed by atoms with Crippen molar-refractivity contribution in [3.05, 3.63) is 12.2 Å². The van der Waals surface area contributed by atoms with Crippen LogP contribution < -0.4 is 10.2 Å². The zero-order valence-corrected chi connectivity index (χ0v) is 31.0. The molecule has 1 amide bonds. The molecule has 3 atom stereocenters. The highest BCUT2D eigenvalue weighted by atomic mass is 31.2. The lowest BCUT2D eigenvalue weighted by molar-refractivity contribution is -0.870. The number of hydrogen-bond acceptors (Lipinski definition) is 6. The van der Waals surface area contributed by atoms with Crippen molar-refractivity contribution < 1.29 is 32.9 Å². The molecular formula is C36H73N2O6P. The highest BCUT2D eigenvalue weighted by Crippen LogP contribution is 2.38. The van der Waals surface area contributed by atoms with Crippen LogP contribution in [0.25, 0.3) is 0 Å². The molecule has 45 heavy (non-hydrogen) atoms. The van der Waals surface area contributed by atoms with E-state index < -0.39 is 20.0 Å². The van der Waals surface area contributed by atoms with Crippen LogP contribution in [0, 0.1) is 0 Å². The van der Waals surface area contributed by atoms with Crippen LogP contribution in [0.3, 0.4) is 0 Å². The first-order valence-corrected chi connectivity index (χ1v) is 20.0. The number of phosphoric acid groups is 1. The number of nitrogens with one attached hydrogen (secondary N) is 1. The number of aliphatic hydroxyl groups excluding tert-OH is 1. The van der Waals surface area contributed by atoms with Crippen molar-refractivity contribution in [1.82, 2.24) is 5.32 Å². The van der Waals surface area contributed by atoms with Crippen LogP contribution in [0.4, 0.5) is 0 Å². The number of phosphoric ester groups is 1. The third kappa shape index (κ3) is 31.6. The Bertz CT molecular complexity index is 758. The molecule has 2 N–H and O–H groups in total. The molecule has 1 unspecified atom stereocenters. The average molecular weight is 661 g/mol. The van der Waals surface area contributed by atoms with Crippen molar-refractivity contribution in [1.29, 1.82) is 0 Å². The molecule has 0 spiro atoms. The smallest absolute Gasteiger partial charge is 0.268 e. The quantitative estimate of drug-likeness (QED) is 0.0316. The summed E-state index contributed by atoms with van der Waals surface area (Å²) < 4.78 is 23.1. The number of unbranched alkanes of at least 4 members (excludes halogenated alkanes) is 18. The van der Waals surface area contributed by atoms with E-state index in [1.807, 2.05) is 21.1 Å². The van der Waals surface area contributed by atoms with E-state index in [4.69, 9.17) is 9.05 Å². The van der Waals surface area contributed by atoms with Gasteiger partial charge in [-0.2, -0.15) is 0 Å². The Labute approximate surface area is 278 Å². The molecule has 0 aromatic carbocycles. The van der Waals surface area contributed by atoms with Crippen molar-refractivity contribution in [2.24, 2.45) is 0 Å². The zero-order valence-electron chi connectivity index (χ0n) is 30.1. The summed E-state index contributed by atoms with van der Waals surface area (Å²) in [5.41, 5.74) is 0. The third-order valence-electron chi connectivity index (χ3n) is 8.25. The molecule has 0 saturated carbocycles. The first kappa shape index (κ1) is 44.2. The highest BCUT2D eigenvalue weighted by molar-refractivity contribution is 7.45. The summed E-state index contributed by atoms with van der Waals surface area (Å²) in [5.74, 6) is -0.177. The normalized spacial score (nSPS) is 14.9. The Morgan fingerprint density at radius 2 is 1.22 bits per heavy atom. The molecule has 8 nitrogen and oxygen atoms in total. The zero-order chi connectivity index (χ0) is 33.7. The van der Waals surface area contributed by atoms with Gasteiger partial charge in [0.25, 0.3) is 7.82 Å². The molecule has 0 saturated heterocycles. The Morgan fingerprint density at radius 1 is 0.756 bits per heavy atom. The van der Waals surface area contributed by atoms with Gasteiger partial charge in [0.05, 0.1) is 39.9 Å². The topological polar surface area (TPSA) is 108 Å². The lowest BCUT2D eigenvalue weighted by Gasteiger charge is -2.30. The van der Waals surface area contributed by atoms with Crippen LogP contribution in [0.1, 0.15) is 162 Å². The molecule has 0 fully saturated rings. The maximum Gasteiger partial charge on any atom is 0.268 e. The molecule has 268 valence electrons. The molecule has 0 radical (unpaired) electrons. The van der Waals surface area contributed by atoms with E-state index in [9.17, 15) is 19.4 Å². The lowest BCUT2D eigenvalue weighted by atomic mass is 10.0. The van der Waals surface area contributed by atoms with Gasteiger partial charge in [0.2, 0.25) is 5.91 Å². The maximum atomic E-state index is 12.7. The fraction of sp³-hybridized carbons (Fsp3) is 0.917. The second-order valence-electron chi connectivity index (χ2n) is 13.9. The van der Waals surface area contributed by atoms with Crippen LogP contribution in [0.5, 0.6) is 0 Å². The van der Waals surface area contributed by atoms with Gasteiger partial charge in [0, 0.05) is 6.42 Å². The molecular weight excluding hydrogens is 587 g/mol. The predicted molar refractivity (Wildman–Crippen MR) is 187 cm³/mol. The summed E-state index contributed by atoms with van der Waals surface area (Å²) in [6.07, 6.45) is 29.3. The molecule has 0 aromatic rings. The summed E-state index contributed by atoms with van der Waals surface area (Å²) >= 11 is 0. The van der Waals surface area contributed by atoms with Crippen LogP contribution >= 0.6 is 7.82 Å². The van der Waals surface area contributed by atoms with E-state index in [0.29, 0.717) is 23.9 Å². The van der Waals surface area contributed by atoms with Crippen LogP contribution in [0.15, 0.2) is 12.2 Å².